The number of halogens is 1. The number of ether oxygens (including phenoxy) is 2. The summed E-state index contributed by atoms with van der Waals surface area (Å²) in [5.74, 6) is 2.40. The van der Waals surface area contributed by atoms with Crippen molar-refractivity contribution in [3.8, 4) is 11.5 Å². The van der Waals surface area contributed by atoms with Crippen molar-refractivity contribution in [1.29, 1.82) is 0 Å². The second-order valence-electron chi connectivity index (χ2n) is 8.94. The Kier molecular flexibility index (Phi) is 6.59. The molecule has 178 valence electrons. The molecule has 0 N–H and O–H groups in total. The summed E-state index contributed by atoms with van der Waals surface area (Å²) >= 11 is 1.49. The SMILES string of the molecule is COc1cc2c(cc1OC)C1=NC(=O)[C@@H](CC3CCCCC3)N1C(SCc1cccc(F)c1)=N2. The molecule has 1 aliphatic carbocycles. The minimum Gasteiger partial charge on any atom is -0.493 e. The van der Waals surface area contributed by atoms with Gasteiger partial charge in [-0.15, -0.1) is 0 Å². The highest BCUT2D eigenvalue weighted by Gasteiger charge is 2.43. The zero-order valence-corrected chi connectivity index (χ0v) is 20.2. The van der Waals surface area contributed by atoms with Crippen LogP contribution < -0.4 is 9.47 Å². The number of rotatable bonds is 6. The van der Waals surface area contributed by atoms with Crippen molar-refractivity contribution in [2.24, 2.45) is 15.9 Å². The second kappa shape index (κ2) is 9.78. The van der Waals surface area contributed by atoms with Crippen LogP contribution in [-0.2, 0) is 10.5 Å². The van der Waals surface area contributed by atoms with Crippen molar-refractivity contribution >= 4 is 34.4 Å². The average molecular weight is 482 g/mol. The Labute approximate surface area is 203 Å². The van der Waals surface area contributed by atoms with Gasteiger partial charge in [0.05, 0.1) is 19.9 Å². The summed E-state index contributed by atoms with van der Waals surface area (Å²) in [5.41, 5.74) is 2.30. The monoisotopic (exact) mass is 481 g/mol. The number of carbonyl (C=O) groups excluding carboxylic acids is 1. The number of hydrogen-bond donors (Lipinski definition) is 0. The highest BCUT2D eigenvalue weighted by atomic mass is 32.2. The van der Waals surface area contributed by atoms with Crippen LogP contribution in [-0.4, -0.2) is 42.1 Å². The third-order valence-corrected chi connectivity index (χ3v) is 7.77. The minimum absolute atomic E-state index is 0.123. The summed E-state index contributed by atoms with van der Waals surface area (Å²) in [7, 11) is 3.17. The van der Waals surface area contributed by atoms with E-state index < -0.39 is 0 Å². The van der Waals surface area contributed by atoms with Crippen molar-refractivity contribution in [3.05, 3.63) is 53.3 Å². The molecule has 2 aliphatic heterocycles. The summed E-state index contributed by atoms with van der Waals surface area (Å²) in [4.78, 5) is 24.6. The normalized spacial score (nSPS) is 19.9. The summed E-state index contributed by atoms with van der Waals surface area (Å²) in [5, 5.41) is 0.703. The molecule has 0 spiro atoms. The van der Waals surface area contributed by atoms with Crippen LogP contribution in [0.4, 0.5) is 10.1 Å². The molecule has 0 unspecified atom stereocenters. The fourth-order valence-electron chi connectivity index (χ4n) is 5.02. The molecule has 1 saturated carbocycles. The number of methoxy groups -OCH3 is 2. The van der Waals surface area contributed by atoms with Gasteiger partial charge < -0.3 is 9.47 Å². The van der Waals surface area contributed by atoms with Gasteiger partial charge in [0.15, 0.2) is 16.7 Å². The van der Waals surface area contributed by atoms with E-state index in [1.165, 1.54) is 43.2 Å². The van der Waals surface area contributed by atoms with Crippen molar-refractivity contribution in [2.75, 3.05) is 14.2 Å². The number of amidine groups is 2. The smallest absolute Gasteiger partial charge is 0.270 e. The number of fused-ring (bicyclic) bond motifs is 3. The van der Waals surface area contributed by atoms with Crippen LogP contribution in [0.15, 0.2) is 46.4 Å². The number of amides is 1. The third kappa shape index (κ3) is 4.43. The Hall–Kier alpha value is -2.87. The van der Waals surface area contributed by atoms with E-state index in [1.807, 2.05) is 23.1 Å². The molecule has 0 aromatic heterocycles. The van der Waals surface area contributed by atoms with Crippen molar-refractivity contribution in [3.63, 3.8) is 0 Å². The summed E-state index contributed by atoms with van der Waals surface area (Å²) in [6.45, 7) is 0. The van der Waals surface area contributed by atoms with Crippen LogP contribution in [0.2, 0.25) is 0 Å². The van der Waals surface area contributed by atoms with E-state index in [0.29, 0.717) is 39.9 Å². The molecule has 6 nitrogen and oxygen atoms in total. The van der Waals surface area contributed by atoms with Crippen LogP contribution in [0.1, 0.15) is 49.7 Å². The van der Waals surface area contributed by atoms with Crippen molar-refractivity contribution in [1.82, 2.24) is 4.90 Å². The first-order chi connectivity index (χ1) is 16.6. The minimum atomic E-state index is -0.363. The quantitative estimate of drug-likeness (QED) is 0.529. The van der Waals surface area contributed by atoms with E-state index >= 15 is 0 Å². The van der Waals surface area contributed by atoms with Gasteiger partial charge in [0.1, 0.15) is 17.7 Å². The zero-order valence-electron chi connectivity index (χ0n) is 19.4. The predicted molar refractivity (Wildman–Crippen MR) is 133 cm³/mol. The largest absolute Gasteiger partial charge is 0.493 e. The number of hydrogen-bond acceptors (Lipinski definition) is 6. The molecule has 3 aliphatic rings. The van der Waals surface area contributed by atoms with Gasteiger partial charge >= 0.3 is 0 Å². The van der Waals surface area contributed by atoms with Gasteiger partial charge in [-0.3, -0.25) is 9.69 Å². The molecule has 0 radical (unpaired) electrons. The van der Waals surface area contributed by atoms with Crippen molar-refractivity contribution in [2.45, 2.75) is 50.3 Å². The summed E-state index contributed by atoms with van der Waals surface area (Å²) in [6, 6.07) is 9.86. The lowest BCUT2D eigenvalue weighted by Crippen LogP contribution is -2.44. The van der Waals surface area contributed by atoms with Gasteiger partial charge in [0.2, 0.25) is 0 Å². The van der Waals surface area contributed by atoms with E-state index in [1.54, 1.807) is 20.3 Å². The van der Waals surface area contributed by atoms with Gasteiger partial charge in [-0.05, 0) is 36.1 Å². The van der Waals surface area contributed by atoms with E-state index in [-0.39, 0.29) is 17.8 Å². The van der Waals surface area contributed by atoms with Gasteiger partial charge in [-0.1, -0.05) is 56.0 Å². The average Bonchev–Trinajstić information content (AvgIpc) is 3.18. The van der Waals surface area contributed by atoms with Gasteiger partial charge in [-0.2, -0.15) is 4.99 Å². The molecule has 1 amide bonds. The topological polar surface area (TPSA) is 63.5 Å². The molecule has 1 fully saturated rings. The molecule has 0 saturated heterocycles. The van der Waals surface area contributed by atoms with Crippen LogP contribution in [0.25, 0.3) is 0 Å². The first kappa shape index (κ1) is 22.9. The number of carbonyl (C=O) groups is 1. The fraction of sp³-hybridized carbons (Fsp3) is 0.423. The number of benzene rings is 2. The maximum absolute atomic E-state index is 13.7. The Morgan fingerprint density at radius 3 is 2.56 bits per heavy atom. The first-order valence-electron chi connectivity index (χ1n) is 11.7. The fourth-order valence-corrected chi connectivity index (χ4v) is 6.01. The number of thioether (sulfide) groups is 1. The predicted octanol–water partition coefficient (Wildman–Crippen LogP) is 5.71. The molecule has 2 aromatic rings. The Morgan fingerprint density at radius 1 is 1.06 bits per heavy atom. The van der Waals surface area contributed by atoms with Gasteiger partial charge in [-0.25, -0.2) is 9.38 Å². The highest BCUT2D eigenvalue weighted by Crippen LogP contribution is 2.42. The molecule has 8 heteroatoms. The van der Waals surface area contributed by atoms with Crippen LogP contribution in [0.5, 0.6) is 11.5 Å². The molecule has 2 heterocycles. The molecule has 2 aromatic carbocycles. The maximum Gasteiger partial charge on any atom is 0.270 e. The molecule has 5 rings (SSSR count). The van der Waals surface area contributed by atoms with Crippen LogP contribution in [0.3, 0.4) is 0 Å². The summed E-state index contributed by atoms with van der Waals surface area (Å²) < 4.78 is 24.7. The molecule has 0 bridgehead atoms. The Bertz CT molecular complexity index is 1160. The number of aliphatic imine (C=N–C) groups is 2. The standard InChI is InChI=1S/C26H28FN3O3S/c1-32-22-13-19-20(14-23(22)33-2)28-26(34-15-17-9-6-10-18(27)11-17)30-21(25(31)29-24(19)30)12-16-7-4-3-5-8-16/h6,9-11,13-14,16,21H,3-5,7-8,12,15H2,1-2H3/t21-/m1/s1. The van der Waals surface area contributed by atoms with Gasteiger partial charge in [0, 0.05) is 17.4 Å². The third-order valence-electron chi connectivity index (χ3n) is 6.74. The highest BCUT2D eigenvalue weighted by molar-refractivity contribution is 8.13. The second-order valence-corrected chi connectivity index (χ2v) is 9.88. The van der Waals surface area contributed by atoms with Crippen LogP contribution >= 0.6 is 11.8 Å². The van der Waals surface area contributed by atoms with Crippen LogP contribution in [0, 0.1) is 11.7 Å². The molecular weight excluding hydrogens is 453 g/mol. The lowest BCUT2D eigenvalue weighted by Gasteiger charge is -2.33. The summed E-state index contributed by atoms with van der Waals surface area (Å²) in [6.07, 6.45) is 6.78. The zero-order chi connectivity index (χ0) is 23.7. The first-order valence-corrected chi connectivity index (χ1v) is 12.7. The Morgan fingerprint density at radius 2 is 1.82 bits per heavy atom. The number of nitrogens with zero attached hydrogens (tertiary/aromatic N) is 3. The van der Waals surface area contributed by atoms with E-state index in [0.717, 1.165) is 30.4 Å². The Balaban J connectivity index is 1.51. The van der Waals surface area contributed by atoms with Gasteiger partial charge in [0.25, 0.3) is 5.91 Å². The lowest BCUT2D eigenvalue weighted by molar-refractivity contribution is -0.120. The van der Waals surface area contributed by atoms with E-state index in [4.69, 9.17) is 14.5 Å². The molecule has 34 heavy (non-hydrogen) atoms. The molecular formula is C26H28FN3O3S. The molecule has 1 atom stereocenters. The maximum atomic E-state index is 13.7. The van der Waals surface area contributed by atoms with Crippen molar-refractivity contribution < 1.29 is 18.7 Å². The van der Waals surface area contributed by atoms with E-state index in [9.17, 15) is 9.18 Å². The van der Waals surface area contributed by atoms with E-state index in [2.05, 4.69) is 4.99 Å². The lowest BCUT2D eigenvalue weighted by atomic mass is 9.84.